The summed E-state index contributed by atoms with van der Waals surface area (Å²) >= 11 is 0. The van der Waals surface area contributed by atoms with E-state index >= 15 is 0 Å². The number of hydroxylamine groups is 1. The number of carboxylic acids is 1. The highest BCUT2D eigenvalue weighted by atomic mass is 32.2. The number of fused-ring (bicyclic) bond motifs is 3. The number of hydrogen-bond donors (Lipinski definition) is 5. The molecule has 3 rings (SSSR count). The minimum atomic E-state index is -4.06. The van der Waals surface area contributed by atoms with E-state index in [-0.39, 0.29) is 10.7 Å². The molecule has 0 amide bonds. The van der Waals surface area contributed by atoms with Gasteiger partial charge in [-0.1, -0.05) is 19.9 Å². The van der Waals surface area contributed by atoms with Crippen LogP contribution in [0.25, 0.3) is 21.9 Å². The van der Waals surface area contributed by atoms with E-state index in [1.54, 1.807) is 37.5 Å². The third kappa shape index (κ3) is 3.57. The first kappa shape index (κ1) is 19.8. The molecular weight excluding hydrogens is 386 g/mol. The normalized spacial score (nSPS) is 13.1. The van der Waals surface area contributed by atoms with E-state index in [0.29, 0.717) is 27.5 Å². The van der Waals surface area contributed by atoms with Crippen LogP contribution < -0.4 is 10.2 Å². The lowest BCUT2D eigenvalue weighted by Gasteiger charge is -2.17. The van der Waals surface area contributed by atoms with Crippen LogP contribution in [0, 0.1) is 11.3 Å². The lowest BCUT2D eigenvalue weighted by Crippen LogP contribution is -2.44. The van der Waals surface area contributed by atoms with Gasteiger partial charge in [0.25, 0.3) is 0 Å². The first-order valence-corrected chi connectivity index (χ1v) is 9.83. The average Bonchev–Trinajstić information content (AvgIpc) is 3.01. The summed E-state index contributed by atoms with van der Waals surface area (Å²) in [6.07, 6.45) is 0. The summed E-state index contributed by atoms with van der Waals surface area (Å²) in [5.41, 5.74) is 3.00. The lowest BCUT2D eigenvalue weighted by atomic mass is 10.1. The largest absolute Gasteiger partial charge is 0.480 e. The summed E-state index contributed by atoms with van der Waals surface area (Å²) < 4.78 is 33.3. The quantitative estimate of drug-likeness (QED) is 0.239. The maximum Gasteiger partial charge on any atom is 0.322 e. The van der Waals surface area contributed by atoms with Gasteiger partial charge in [-0.15, -0.1) is 0 Å². The Morgan fingerprint density at radius 1 is 1.11 bits per heavy atom. The molecule has 0 aliphatic rings. The van der Waals surface area contributed by atoms with Gasteiger partial charge >= 0.3 is 5.97 Å². The smallest absolute Gasteiger partial charge is 0.322 e. The topological polar surface area (TPSA) is 153 Å². The van der Waals surface area contributed by atoms with Crippen molar-refractivity contribution in [2.24, 2.45) is 5.92 Å². The molecular formula is C18H19N3O6S. The van der Waals surface area contributed by atoms with E-state index in [2.05, 4.69) is 4.72 Å². The van der Waals surface area contributed by atoms with E-state index in [9.17, 15) is 18.3 Å². The maximum absolute atomic E-state index is 12.7. The van der Waals surface area contributed by atoms with Gasteiger partial charge < -0.3 is 9.52 Å². The van der Waals surface area contributed by atoms with Crippen molar-refractivity contribution in [3.8, 4) is 0 Å². The van der Waals surface area contributed by atoms with Crippen LogP contribution in [-0.4, -0.2) is 36.6 Å². The molecule has 1 atom stereocenters. The molecule has 1 aromatic heterocycles. The number of furan rings is 1. The van der Waals surface area contributed by atoms with Gasteiger partial charge in [0.1, 0.15) is 23.0 Å². The SMILES string of the molecule is CC(C)C(NS(=O)(=O)c1ccc2oc3cc(C(=N)NO)ccc3c2c1)C(=O)O. The minimum Gasteiger partial charge on any atom is -0.480 e. The molecule has 5 N–H and O–H groups in total. The van der Waals surface area contributed by atoms with Gasteiger partial charge in [-0.25, -0.2) is 8.42 Å². The van der Waals surface area contributed by atoms with Crippen molar-refractivity contribution in [1.29, 1.82) is 5.41 Å². The predicted octanol–water partition coefficient (Wildman–Crippen LogP) is 2.28. The Kier molecular flexibility index (Phi) is 5.11. The van der Waals surface area contributed by atoms with E-state index in [1.165, 1.54) is 18.2 Å². The Bertz CT molecular complexity index is 1180. The van der Waals surface area contributed by atoms with Crippen LogP contribution in [-0.2, 0) is 14.8 Å². The number of hydrogen-bond acceptors (Lipinski definition) is 6. The van der Waals surface area contributed by atoms with Gasteiger partial charge in [0, 0.05) is 16.3 Å². The van der Waals surface area contributed by atoms with Crippen LogP contribution in [0.1, 0.15) is 19.4 Å². The second-order valence-corrected chi connectivity index (χ2v) is 8.35. The Labute approximate surface area is 160 Å². The van der Waals surface area contributed by atoms with Gasteiger partial charge in [-0.3, -0.25) is 20.9 Å². The van der Waals surface area contributed by atoms with Gasteiger partial charge in [0.05, 0.1) is 4.90 Å². The molecule has 0 saturated heterocycles. The standard InChI is InChI=1S/C18H19N3O6S/c1-9(2)16(18(22)23)21-28(25,26)11-4-6-14-13(8-11)12-5-3-10(17(19)20-24)7-15(12)27-14/h3-9,16,21,24H,1-2H3,(H2,19,20)(H,22,23). The monoisotopic (exact) mass is 405 g/mol. The van der Waals surface area contributed by atoms with Crippen LogP contribution in [0.4, 0.5) is 0 Å². The van der Waals surface area contributed by atoms with Crippen molar-refractivity contribution in [2.45, 2.75) is 24.8 Å². The summed E-state index contributed by atoms with van der Waals surface area (Å²) in [6, 6.07) is 7.78. The van der Waals surface area contributed by atoms with Gasteiger partial charge in [-0.2, -0.15) is 4.72 Å². The van der Waals surface area contributed by atoms with Crippen LogP contribution in [0.3, 0.4) is 0 Å². The van der Waals surface area contributed by atoms with Gasteiger partial charge in [-0.05, 0) is 36.2 Å². The Hall–Kier alpha value is -2.95. The molecule has 0 bridgehead atoms. The zero-order chi connectivity index (χ0) is 20.6. The molecule has 0 fully saturated rings. The number of nitrogens with one attached hydrogen (secondary N) is 3. The predicted molar refractivity (Wildman–Crippen MR) is 102 cm³/mol. The van der Waals surface area contributed by atoms with Crippen LogP contribution in [0.5, 0.6) is 0 Å². The molecule has 148 valence electrons. The maximum atomic E-state index is 12.7. The fourth-order valence-corrected chi connectivity index (χ4v) is 4.21. The van der Waals surface area contributed by atoms with Crippen molar-refractivity contribution < 1.29 is 27.9 Å². The van der Waals surface area contributed by atoms with Crippen LogP contribution in [0.2, 0.25) is 0 Å². The number of sulfonamides is 1. The molecule has 2 aromatic carbocycles. The third-order valence-electron chi connectivity index (χ3n) is 4.37. The molecule has 0 radical (unpaired) electrons. The molecule has 9 nitrogen and oxygen atoms in total. The van der Waals surface area contributed by atoms with Crippen molar-refractivity contribution in [1.82, 2.24) is 10.2 Å². The lowest BCUT2D eigenvalue weighted by molar-refractivity contribution is -0.140. The van der Waals surface area contributed by atoms with Crippen molar-refractivity contribution in [2.75, 3.05) is 0 Å². The summed E-state index contributed by atoms with van der Waals surface area (Å²) in [6.45, 7) is 3.23. The van der Waals surface area contributed by atoms with Crippen molar-refractivity contribution in [3.63, 3.8) is 0 Å². The second-order valence-electron chi connectivity index (χ2n) is 6.64. The van der Waals surface area contributed by atoms with E-state index in [4.69, 9.17) is 15.0 Å². The number of amidine groups is 1. The summed E-state index contributed by atoms with van der Waals surface area (Å²) in [7, 11) is -4.06. The van der Waals surface area contributed by atoms with Crippen molar-refractivity contribution in [3.05, 3.63) is 42.0 Å². The zero-order valence-corrected chi connectivity index (χ0v) is 15.9. The summed E-state index contributed by atoms with van der Waals surface area (Å²) in [5.74, 6) is -1.89. The fraction of sp³-hybridized carbons (Fsp3) is 0.222. The van der Waals surface area contributed by atoms with Gasteiger partial charge in [0.2, 0.25) is 10.0 Å². The number of rotatable bonds is 6. The molecule has 1 unspecified atom stereocenters. The highest BCUT2D eigenvalue weighted by molar-refractivity contribution is 7.89. The average molecular weight is 405 g/mol. The number of carbonyl (C=O) groups is 1. The highest BCUT2D eigenvalue weighted by Gasteiger charge is 2.28. The minimum absolute atomic E-state index is 0.0801. The number of benzene rings is 2. The molecule has 28 heavy (non-hydrogen) atoms. The Morgan fingerprint density at radius 3 is 2.43 bits per heavy atom. The van der Waals surface area contributed by atoms with Gasteiger partial charge in [0.15, 0.2) is 0 Å². The fourth-order valence-electron chi connectivity index (χ4n) is 2.85. The van der Waals surface area contributed by atoms with Crippen molar-refractivity contribution >= 4 is 43.8 Å². The molecule has 0 saturated carbocycles. The first-order chi connectivity index (χ1) is 13.1. The van der Waals surface area contributed by atoms with E-state index in [0.717, 1.165) is 0 Å². The molecule has 3 aromatic rings. The van der Waals surface area contributed by atoms with Crippen LogP contribution in [0.15, 0.2) is 45.7 Å². The zero-order valence-electron chi connectivity index (χ0n) is 15.1. The second kappa shape index (κ2) is 7.23. The van der Waals surface area contributed by atoms with E-state index in [1.807, 2.05) is 0 Å². The molecule has 1 heterocycles. The Morgan fingerprint density at radius 2 is 1.82 bits per heavy atom. The molecule has 0 aliphatic carbocycles. The number of aliphatic carboxylic acids is 1. The summed E-state index contributed by atoms with van der Waals surface area (Å²) in [5, 5.41) is 26.9. The van der Waals surface area contributed by atoms with E-state index < -0.39 is 28.0 Å². The number of carboxylic acid groups (broad SMARTS) is 1. The Balaban J connectivity index is 2.07. The highest BCUT2D eigenvalue weighted by Crippen LogP contribution is 2.31. The third-order valence-corrected chi connectivity index (χ3v) is 5.81. The molecule has 10 heteroatoms. The van der Waals surface area contributed by atoms with Crippen LogP contribution >= 0.6 is 0 Å². The molecule has 0 aliphatic heterocycles. The molecule has 0 spiro atoms. The summed E-state index contributed by atoms with van der Waals surface area (Å²) in [4.78, 5) is 11.2. The first-order valence-electron chi connectivity index (χ1n) is 8.34.